The molecule has 0 unspecified atom stereocenters. The number of piperidine rings is 1. The van der Waals surface area contributed by atoms with Gasteiger partial charge in [0.1, 0.15) is 11.6 Å². The van der Waals surface area contributed by atoms with E-state index < -0.39 is 21.7 Å². The van der Waals surface area contributed by atoms with Crippen LogP contribution >= 0.6 is 0 Å². The number of carbonyl (C=O) groups is 1. The lowest BCUT2D eigenvalue weighted by Gasteiger charge is -2.34. The van der Waals surface area contributed by atoms with Crippen LogP contribution in [-0.4, -0.2) is 38.3 Å². The molecule has 156 valence electrons. The van der Waals surface area contributed by atoms with Crippen molar-refractivity contribution in [3.05, 3.63) is 54.3 Å². The third kappa shape index (κ3) is 5.55. The monoisotopic (exact) mass is 420 g/mol. The van der Waals surface area contributed by atoms with E-state index >= 15 is 0 Å². The van der Waals surface area contributed by atoms with E-state index in [0.717, 1.165) is 6.42 Å². The number of nitrogens with zero attached hydrogens (tertiary/aromatic N) is 1. The van der Waals surface area contributed by atoms with Crippen molar-refractivity contribution in [2.45, 2.75) is 25.2 Å². The number of nitrogens with one attached hydrogen (secondary N) is 1. The van der Waals surface area contributed by atoms with Crippen LogP contribution in [0.3, 0.4) is 0 Å². The smallest absolute Gasteiger partial charge is 0.262 e. The molecule has 29 heavy (non-hydrogen) atoms. The predicted molar refractivity (Wildman–Crippen MR) is 109 cm³/mol. The second-order valence-corrected chi connectivity index (χ2v) is 9.52. The molecule has 0 saturated carbocycles. The molecule has 1 fully saturated rings. The first-order valence-corrected chi connectivity index (χ1v) is 11.0. The maximum atomic E-state index is 13.1. The van der Waals surface area contributed by atoms with Crippen LogP contribution in [0.2, 0.25) is 0 Å². The standard InChI is InChI=1S/C21H25FN2O4S/c1-15-10-16(2)13-24(12-15)29(26,27)20-8-6-18(7-9-20)23-21(25)14-28-19-5-3-4-17(22)11-19/h3-9,11,15-16H,10,12-14H2,1-2H3,(H,23,25)/t15-,16-/m0/s1. The average Bonchev–Trinajstić information content (AvgIpc) is 2.66. The molecule has 1 aliphatic heterocycles. The molecule has 3 rings (SSSR count). The van der Waals surface area contributed by atoms with Gasteiger partial charge in [-0.1, -0.05) is 19.9 Å². The van der Waals surface area contributed by atoms with E-state index in [-0.39, 0.29) is 17.3 Å². The first-order chi connectivity index (χ1) is 13.7. The molecule has 1 amide bonds. The molecule has 1 N–H and O–H groups in total. The van der Waals surface area contributed by atoms with E-state index in [1.807, 2.05) is 0 Å². The molecule has 1 saturated heterocycles. The van der Waals surface area contributed by atoms with Crippen molar-refractivity contribution >= 4 is 21.6 Å². The van der Waals surface area contributed by atoms with Crippen LogP contribution in [0.25, 0.3) is 0 Å². The SMILES string of the molecule is C[C@H]1C[C@H](C)CN(S(=O)(=O)c2ccc(NC(=O)COc3cccc(F)c3)cc2)C1. The first kappa shape index (κ1) is 21.3. The molecule has 2 aromatic rings. The number of rotatable bonds is 6. The van der Waals surface area contributed by atoms with Crippen LogP contribution in [0, 0.1) is 17.7 Å². The number of carbonyl (C=O) groups excluding carboxylic acids is 1. The summed E-state index contributed by atoms with van der Waals surface area (Å²) in [7, 11) is -3.56. The zero-order valence-corrected chi connectivity index (χ0v) is 17.3. The number of ether oxygens (including phenoxy) is 1. The van der Waals surface area contributed by atoms with Gasteiger partial charge in [0.05, 0.1) is 4.90 Å². The number of amides is 1. The maximum absolute atomic E-state index is 13.1. The summed E-state index contributed by atoms with van der Waals surface area (Å²) < 4.78 is 45.7. The van der Waals surface area contributed by atoms with Crippen molar-refractivity contribution in [1.29, 1.82) is 0 Å². The van der Waals surface area contributed by atoms with Crippen molar-refractivity contribution < 1.29 is 22.3 Å². The molecule has 2 aromatic carbocycles. The highest BCUT2D eigenvalue weighted by molar-refractivity contribution is 7.89. The second-order valence-electron chi connectivity index (χ2n) is 7.59. The highest BCUT2D eigenvalue weighted by Gasteiger charge is 2.31. The van der Waals surface area contributed by atoms with Crippen LogP contribution in [-0.2, 0) is 14.8 Å². The number of anilines is 1. The molecular formula is C21H25FN2O4S. The first-order valence-electron chi connectivity index (χ1n) is 9.52. The van der Waals surface area contributed by atoms with Crippen LogP contribution in [0.1, 0.15) is 20.3 Å². The third-order valence-corrected chi connectivity index (χ3v) is 6.62. The Morgan fingerprint density at radius 3 is 2.41 bits per heavy atom. The summed E-state index contributed by atoms with van der Waals surface area (Å²) >= 11 is 0. The Bertz CT molecular complexity index is 953. The van der Waals surface area contributed by atoms with E-state index in [1.54, 1.807) is 18.2 Å². The minimum absolute atomic E-state index is 0.202. The van der Waals surface area contributed by atoms with Crippen molar-refractivity contribution in [3.63, 3.8) is 0 Å². The summed E-state index contributed by atoms with van der Waals surface area (Å²) in [5.41, 5.74) is 0.456. The highest BCUT2D eigenvalue weighted by atomic mass is 32.2. The van der Waals surface area contributed by atoms with E-state index in [4.69, 9.17) is 4.74 Å². The Hall–Kier alpha value is -2.45. The summed E-state index contributed by atoms with van der Waals surface area (Å²) in [4.78, 5) is 12.2. The predicted octanol–water partition coefficient (Wildman–Crippen LogP) is 3.51. The van der Waals surface area contributed by atoms with Gasteiger partial charge < -0.3 is 10.1 Å². The van der Waals surface area contributed by atoms with Gasteiger partial charge in [0.15, 0.2) is 6.61 Å². The maximum Gasteiger partial charge on any atom is 0.262 e. The van der Waals surface area contributed by atoms with Crippen LogP contribution in [0.4, 0.5) is 10.1 Å². The van der Waals surface area contributed by atoms with Gasteiger partial charge in [-0.2, -0.15) is 4.31 Å². The Kier molecular flexibility index (Phi) is 6.54. The molecule has 6 nitrogen and oxygen atoms in total. The molecule has 0 spiro atoms. The average molecular weight is 421 g/mol. The lowest BCUT2D eigenvalue weighted by molar-refractivity contribution is -0.118. The number of hydrogen-bond donors (Lipinski definition) is 1. The van der Waals surface area contributed by atoms with Gasteiger partial charge in [-0.3, -0.25) is 4.79 Å². The lowest BCUT2D eigenvalue weighted by Crippen LogP contribution is -2.42. The normalized spacial score (nSPS) is 20.2. The van der Waals surface area contributed by atoms with Crippen molar-refractivity contribution in [1.82, 2.24) is 4.31 Å². The molecule has 0 radical (unpaired) electrons. The summed E-state index contributed by atoms with van der Waals surface area (Å²) in [6, 6.07) is 11.6. The molecule has 0 bridgehead atoms. The van der Waals surface area contributed by atoms with Crippen molar-refractivity contribution in [2.24, 2.45) is 11.8 Å². The minimum atomic E-state index is -3.56. The van der Waals surface area contributed by atoms with Gasteiger partial charge in [-0.15, -0.1) is 0 Å². The number of sulfonamides is 1. The molecule has 1 aliphatic rings. The van der Waals surface area contributed by atoms with Crippen LogP contribution < -0.4 is 10.1 Å². The Morgan fingerprint density at radius 2 is 1.79 bits per heavy atom. The summed E-state index contributed by atoms with van der Waals surface area (Å²) in [6.45, 7) is 4.86. The molecule has 8 heteroatoms. The molecule has 0 aromatic heterocycles. The van der Waals surface area contributed by atoms with Crippen LogP contribution in [0.15, 0.2) is 53.4 Å². The van der Waals surface area contributed by atoms with E-state index in [1.165, 1.54) is 34.6 Å². The van der Waals surface area contributed by atoms with Gasteiger partial charge in [-0.05, 0) is 54.7 Å². The Morgan fingerprint density at radius 1 is 1.14 bits per heavy atom. The van der Waals surface area contributed by atoms with Gasteiger partial charge in [0, 0.05) is 24.8 Å². The molecule has 0 aliphatic carbocycles. The number of halogens is 1. The number of benzene rings is 2. The van der Waals surface area contributed by atoms with Gasteiger partial charge in [0.25, 0.3) is 5.91 Å². The van der Waals surface area contributed by atoms with E-state index in [0.29, 0.717) is 30.6 Å². The fourth-order valence-corrected chi connectivity index (χ4v) is 5.24. The Labute approximate surface area is 170 Å². The number of hydrogen-bond acceptors (Lipinski definition) is 4. The zero-order valence-electron chi connectivity index (χ0n) is 16.5. The van der Waals surface area contributed by atoms with E-state index in [2.05, 4.69) is 19.2 Å². The fraction of sp³-hybridized carbons (Fsp3) is 0.381. The van der Waals surface area contributed by atoms with Crippen LogP contribution in [0.5, 0.6) is 5.75 Å². The quantitative estimate of drug-likeness (QED) is 0.776. The molecule has 2 atom stereocenters. The Balaban J connectivity index is 1.60. The van der Waals surface area contributed by atoms with Crippen molar-refractivity contribution in [3.8, 4) is 5.75 Å². The van der Waals surface area contributed by atoms with Crippen molar-refractivity contribution in [2.75, 3.05) is 25.0 Å². The minimum Gasteiger partial charge on any atom is -0.484 e. The van der Waals surface area contributed by atoms with Gasteiger partial charge in [-0.25, -0.2) is 12.8 Å². The van der Waals surface area contributed by atoms with E-state index in [9.17, 15) is 17.6 Å². The molecular weight excluding hydrogens is 395 g/mol. The van der Waals surface area contributed by atoms with Gasteiger partial charge >= 0.3 is 0 Å². The largest absolute Gasteiger partial charge is 0.484 e. The highest BCUT2D eigenvalue weighted by Crippen LogP contribution is 2.27. The lowest BCUT2D eigenvalue weighted by atomic mass is 9.94. The summed E-state index contributed by atoms with van der Waals surface area (Å²) in [5.74, 6) is 0.0303. The fourth-order valence-electron chi connectivity index (χ4n) is 3.56. The summed E-state index contributed by atoms with van der Waals surface area (Å²) in [5, 5.41) is 2.63. The van der Waals surface area contributed by atoms with Gasteiger partial charge in [0.2, 0.25) is 10.0 Å². The summed E-state index contributed by atoms with van der Waals surface area (Å²) in [6.07, 6.45) is 1.02. The second kappa shape index (κ2) is 8.92. The molecule has 1 heterocycles. The topological polar surface area (TPSA) is 75.7 Å². The third-order valence-electron chi connectivity index (χ3n) is 4.78. The zero-order chi connectivity index (χ0) is 21.0.